The van der Waals surface area contributed by atoms with Crippen LogP contribution in [0, 0.1) is 11.3 Å². The van der Waals surface area contributed by atoms with Crippen molar-refractivity contribution in [2.45, 2.75) is 63.9 Å². The molecule has 5 heterocycles. The highest BCUT2D eigenvalue weighted by Crippen LogP contribution is 2.39. The number of benzene rings is 1. The van der Waals surface area contributed by atoms with E-state index >= 15 is 0 Å². The molecule has 6 rings (SSSR count). The van der Waals surface area contributed by atoms with Crippen molar-refractivity contribution in [1.82, 2.24) is 24.1 Å². The zero-order valence-corrected chi connectivity index (χ0v) is 20.3. The van der Waals surface area contributed by atoms with Crippen molar-refractivity contribution in [2.24, 2.45) is 0 Å². The Morgan fingerprint density at radius 2 is 2.06 bits per heavy atom. The van der Waals surface area contributed by atoms with Crippen molar-refractivity contribution >= 4 is 28.2 Å². The molecule has 180 valence electrons. The predicted molar refractivity (Wildman–Crippen MR) is 126 cm³/mol. The maximum absolute atomic E-state index is 14.1. The fourth-order valence-corrected chi connectivity index (χ4v) is 5.39. The molecule has 0 saturated carbocycles. The molecule has 2 atom stereocenters. The fourth-order valence-electron chi connectivity index (χ4n) is 5.20. The van der Waals surface area contributed by atoms with E-state index in [4.69, 9.17) is 25.6 Å². The first kappa shape index (κ1) is 22.2. The molecule has 2 saturated heterocycles. The maximum atomic E-state index is 14.1. The molecule has 2 unspecified atom stereocenters. The van der Waals surface area contributed by atoms with Crippen LogP contribution in [0.1, 0.15) is 64.0 Å². The van der Waals surface area contributed by atoms with Gasteiger partial charge in [0.05, 0.1) is 27.2 Å². The third kappa shape index (κ3) is 3.30. The van der Waals surface area contributed by atoms with E-state index in [1.165, 1.54) is 10.9 Å². The van der Waals surface area contributed by atoms with E-state index in [2.05, 4.69) is 21.2 Å². The molecule has 2 aliphatic rings. The molecule has 0 spiro atoms. The van der Waals surface area contributed by atoms with Crippen LogP contribution < -0.4 is 5.56 Å². The van der Waals surface area contributed by atoms with E-state index in [9.17, 15) is 10.1 Å². The molecule has 0 aliphatic carbocycles. The Labute approximate surface area is 205 Å². The summed E-state index contributed by atoms with van der Waals surface area (Å²) in [6.45, 7) is 6.40. The van der Waals surface area contributed by atoms with Crippen LogP contribution in [0.4, 0.5) is 0 Å². The van der Waals surface area contributed by atoms with E-state index in [1.54, 1.807) is 16.5 Å². The van der Waals surface area contributed by atoms with Gasteiger partial charge in [-0.25, -0.2) is 4.98 Å². The normalized spacial score (nSPS) is 23.9. The van der Waals surface area contributed by atoms with Crippen LogP contribution in [0.25, 0.3) is 28.1 Å². The molecular weight excluding hydrogens is 472 g/mol. The Bertz CT molecular complexity index is 1590. The molecule has 35 heavy (non-hydrogen) atoms. The van der Waals surface area contributed by atoms with Crippen LogP contribution in [-0.4, -0.2) is 36.3 Å². The second-order valence-electron chi connectivity index (χ2n) is 9.84. The van der Waals surface area contributed by atoms with Gasteiger partial charge < -0.3 is 14.0 Å². The number of hydrogen-bond acceptors (Lipinski definition) is 8. The Kier molecular flexibility index (Phi) is 4.84. The summed E-state index contributed by atoms with van der Waals surface area (Å²) in [5.41, 5.74) is 0.176. The minimum absolute atomic E-state index is 0.200. The maximum Gasteiger partial charge on any atom is 0.280 e. The van der Waals surface area contributed by atoms with Crippen LogP contribution >= 0.6 is 11.6 Å². The molecule has 11 heteroatoms. The first-order chi connectivity index (χ1) is 16.7. The van der Waals surface area contributed by atoms with Gasteiger partial charge in [0.1, 0.15) is 35.4 Å². The second-order valence-corrected chi connectivity index (χ2v) is 10.2. The fraction of sp³-hybridized carbons (Fsp3) is 0.458. The highest BCUT2D eigenvalue weighted by Gasteiger charge is 2.38. The van der Waals surface area contributed by atoms with Gasteiger partial charge in [0.2, 0.25) is 5.82 Å². The van der Waals surface area contributed by atoms with Crippen LogP contribution in [-0.2, 0) is 15.2 Å². The number of halogens is 1. The summed E-state index contributed by atoms with van der Waals surface area (Å²) in [6.07, 6.45) is 4.27. The number of aromatic nitrogens is 5. The minimum atomic E-state index is -0.944. The van der Waals surface area contributed by atoms with Crippen molar-refractivity contribution in [3.8, 4) is 17.6 Å². The van der Waals surface area contributed by atoms with Gasteiger partial charge in [-0.3, -0.25) is 13.8 Å². The van der Waals surface area contributed by atoms with Gasteiger partial charge in [0.15, 0.2) is 0 Å². The largest absolute Gasteiger partial charge is 0.363 e. The van der Waals surface area contributed by atoms with Crippen molar-refractivity contribution in [3.63, 3.8) is 0 Å². The van der Waals surface area contributed by atoms with Gasteiger partial charge >= 0.3 is 0 Å². The lowest BCUT2D eigenvalue weighted by Crippen LogP contribution is -2.39. The SMILES string of the molecule is CC1(C)CCC(c2nc(-c3ncn4c3c(=O)n(C3(C)CCCO3)c3c(C#N)c(Cl)ccc34)no2)O1. The molecule has 2 fully saturated rings. The third-order valence-corrected chi connectivity index (χ3v) is 7.26. The summed E-state index contributed by atoms with van der Waals surface area (Å²) < 4.78 is 20.7. The number of fused-ring (bicyclic) bond motifs is 3. The third-order valence-electron chi connectivity index (χ3n) is 6.94. The van der Waals surface area contributed by atoms with Gasteiger partial charge in [0.25, 0.3) is 11.4 Å². The van der Waals surface area contributed by atoms with Gasteiger partial charge in [-0.1, -0.05) is 16.8 Å². The van der Waals surface area contributed by atoms with Crippen molar-refractivity contribution < 1.29 is 14.0 Å². The summed E-state index contributed by atoms with van der Waals surface area (Å²) in [6, 6.07) is 5.56. The van der Waals surface area contributed by atoms with Crippen LogP contribution in [0.5, 0.6) is 0 Å². The van der Waals surface area contributed by atoms with Gasteiger partial charge in [0, 0.05) is 6.61 Å². The van der Waals surface area contributed by atoms with Gasteiger partial charge in [-0.05, 0) is 58.6 Å². The Morgan fingerprint density at radius 3 is 2.74 bits per heavy atom. The molecule has 4 aromatic rings. The lowest BCUT2D eigenvalue weighted by Gasteiger charge is -2.28. The summed E-state index contributed by atoms with van der Waals surface area (Å²) in [4.78, 5) is 23.1. The standard InChI is InChI=1S/C24H23ClN6O4/c1-23(2)9-7-16(34-23)21-28-20(29-35-21)17-19-22(32)31(24(3)8-4-10-33-24)18-13(11-26)14(25)5-6-15(18)30(19)12-27-17/h5-6,12,16H,4,7-10H2,1-3H3. The van der Waals surface area contributed by atoms with E-state index in [1.807, 2.05) is 20.8 Å². The predicted octanol–water partition coefficient (Wildman–Crippen LogP) is 4.34. The van der Waals surface area contributed by atoms with Gasteiger partial charge in [-0.15, -0.1) is 0 Å². The number of nitrogens with zero attached hydrogens (tertiary/aromatic N) is 6. The highest BCUT2D eigenvalue weighted by molar-refractivity contribution is 6.32. The Morgan fingerprint density at radius 1 is 1.23 bits per heavy atom. The number of hydrogen-bond donors (Lipinski definition) is 0. The summed E-state index contributed by atoms with van der Waals surface area (Å²) >= 11 is 6.37. The van der Waals surface area contributed by atoms with Crippen molar-refractivity contribution in [3.05, 3.63) is 45.3 Å². The van der Waals surface area contributed by atoms with Crippen molar-refractivity contribution in [2.75, 3.05) is 6.61 Å². The molecule has 0 radical (unpaired) electrons. The topological polar surface area (TPSA) is 120 Å². The quantitative estimate of drug-likeness (QED) is 0.412. The number of ether oxygens (including phenoxy) is 2. The average Bonchev–Trinajstić information content (AvgIpc) is 3.59. The molecule has 10 nitrogen and oxygen atoms in total. The number of rotatable bonds is 3. The van der Waals surface area contributed by atoms with Crippen LogP contribution in [0.15, 0.2) is 27.8 Å². The smallest absolute Gasteiger partial charge is 0.280 e. The second kappa shape index (κ2) is 7.62. The number of nitriles is 1. The average molecular weight is 495 g/mol. The summed E-state index contributed by atoms with van der Waals surface area (Å²) in [5.74, 6) is 0.559. The van der Waals surface area contributed by atoms with Gasteiger partial charge in [-0.2, -0.15) is 10.2 Å². The molecule has 2 aliphatic heterocycles. The Balaban J connectivity index is 1.61. The first-order valence-corrected chi connectivity index (χ1v) is 11.9. The summed E-state index contributed by atoms with van der Waals surface area (Å²) in [5, 5.41) is 14.3. The molecule has 0 bridgehead atoms. The molecular formula is C24H23ClN6O4. The number of imidazole rings is 1. The monoisotopic (exact) mass is 494 g/mol. The molecule has 1 aromatic carbocycles. The lowest BCUT2D eigenvalue weighted by molar-refractivity contribution is -0.0448. The molecule has 3 aromatic heterocycles. The van der Waals surface area contributed by atoms with E-state index < -0.39 is 5.72 Å². The van der Waals surface area contributed by atoms with E-state index in [0.717, 1.165) is 19.3 Å². The zero-order valence-electron chi connectivity index (χ0n) is 19.5. The van der Waals surface area contributed by atoms with Crippen LogP contribution in [0.2, 0.25) is 5.02 Å². The van der Waals surface area contributed by atoms with E-state index in [-0.39, 0.29) is 44.9 Å². The molecule has 0 N–H and O–H groups in total. The zero-order chi connectivity index (χ0) is 24.5. The summed E-state index contributed by atoms with van der Waals surface area (Å²) in [7, 11) is 0. The first-order valence-electron chi connectivity index (χ1n) is 11.5. The van der Waals surface area contributed by atoms with Crippen LogP contribution in [0.3, 0.4) is 0 Å². The van der Waals surface area contributed by atoms with Crippen molar-refractivity contribution in [1.29, 1.82) is 5.26 Å². The molecule has 0 amide bonds. The Hall–Kier alpha value is -3.26. The minimum Gasteiger partial charge on any atom is -0.363 e. The lowest BCUT2D eigenvalue weighted by atomic mass is 10.1. The van der Waals surface area contributed by atoms with E-state index in [0.29, 0.717) is 30.0 Å². The highest BCUT2D eigenvalue weighted by atomic mass is 35.5.